The second-order valence-electron chi connectivity index (χ2n) is 4.52. The van der Waals surface area contributed by atoms with E-state index in [0.29, 0.717) is 0 Å². The number of amides is 1. The van der Waals surface area contributed by atoms with Gasteiger partial charge in [-0.3, -0.25) is 9.78 Å². The molecule has 0 bridgehead atoms. The molecular formula is C13H21N3O. The molecule has 94 valence electrons. The Balaban J connectivity index is 2.68. The first-order valence-electron chi connectivity index (χ1n) is 6.02. The zero-order valence-electron chi connectivity index (χ0n) is 10.7. The van der Waals surface area contributed by atoms with E-state index < -0.39 is 6.04 Å². The van der Waals surface area contributed by atoms with Crippen LogP contribution in [-0.2, 0) is 4.79 Å². The largest absolute Gasteiger partial charge is 0.348 e. The standard InChI is InChI=1S/C13H21N3O/c1-4-11(10-5-7-15-8-6-10)16-13(17)12(14)9(2)3/h5-9,11-12H,4,14H2,1-3H3,(H,16,17)/t11-,12-/m0/s1. The summed E-state index contributed by atoms with van der Waals surface area (Å²) in [5.41, 5.74) is 6.88. The van der Waals surface area contributed by atoms with Gasteiger partial charge in [0.05, 0.1) is 12.1 Å². The van der Waals surface area contributed by atoms with Crippen molar-refractivity contribution in [3.63, 3.8) is 0 Å². The van der Waals surface area contributed by atoms with Gasteiger partial charge in [-0.2, -0.15) is 0 Å². The van der Waals surface area contributed by atoms with Gasteiger partial charge in [-0.05, 0) is 30.0 Å². The van der Waals surface area contributed by atoms with Crippen molar-refractivity contribution in [1.82, 2.24) is 10.3 Å². The number of rotatable bonds is 5. The number of nitrogens with two attached hydrogens (primary N) is 1. The third-order valence-corrected chi connectivity index (χ3v) is 2.85. The minimum absolute atomic E-state index is 0.00954. The van der Waals surface area contributed by atoms with E-state index in [0.717, 1.165) is 12.0 Å². The fraction of sp³-hybridized carbons (Fsp3) is 0.538. The minimum atomic E-state index is -0.453. The van der Waals surface area contributed by atoms with Gasteiger partial charge < -0.3 is 11.1 Å². The van der Waals surface area contributed by atoms with Crippen molar-refractivity contribution in [1.29, 1.82) is 0 Å². The number of carbonyl (C=O) groups is 1. The van der Waals surface area contributed by atoms with E-state index in [1.54, 1.807) is 12.4 Å². The first-order chi connectivity index (χ1) is 8.06. The number of nitrogens with zero attached hydrogens (tertiary/aromatic N) is 1. The number of carbonyl (C=O) groups excluding carboxylic acids is 1. The number of hydrogen-bond donors (Lipinski definition) is 2. The van der Waals surface area contributed by atoms with Crippen LogP contribution in [0.15, 0.2) is 24.5 Å². The molecule has 1 heterocycles. The molecule has 17 heavy (non-hydrogen) atoms. The van der Waals surface area contributed by atoms with Crippen molar-refractivity contribution in [3.8, 4) is 0 Å². The van der Waals surface area contributed by atoms with Crippen molar-refractivity contribution in [3.05, 3.63) is 30.1 Å². The van der Waals surface area contributed by atoms with Crippen LogP contribution in [0.5, 0.6) is 0 Å². The summed E-state index contributed by atoms with van der Waals surface area (Å²) in [6.45, 7) is 5.92. The second-order valence-corrected chi connectivity index (χ2v) is 4.52. The summed E-state index contributed by atoms with van der Waals surface area (Å²) < 4.78 is 0. The predicted molar refractivity (Wildman–Crippen MR) is 68.2 cm³/mol. The molecule has 0 saturated heterocycles. The maximum atomic E-state index is 11.9. The van der Waals surface area contributed by atoms with E-state index in [9.17, 15) is 4.79 Å². The van der Waals surface area contributed by atoms with Gasteiger partial charge >= 0.3 is 0 Å². The summed E-state index contributed by atoms with van der Waals surface area (Å²) in [7, 11) is 0. The van der Waals surface area contributed by atoms with Crippen molar-refractivity contribution < 1.29 is 4.79 Å². The van der Waals surface area contributed by atoms with Crippen molar-refractivity contribution in [2.75, 3.05) is 0 Å². The first kappa shape index (κ1) is 13.6. The van der Waals surface area contributed by atoms with Gasteiger partial charge in [-0.15, -0.1) is 0 Å². The average Bonchev–Trinajstić information content (AvgIpc) is 2.35. The molecule has 1 aromatic heterocycles. The van der Waals surface area contributed by atoms with Gasteiger partial charge in [0.15, 0.2) is 0 Å². The van der Waals surface area contributed by atoms with Crippen LogP contribution in [-0.4, -0.2) is 16.9 Å². The second kappa shape index (κ2) is 6.35. The Morgan fingerprint density at radius 3 is 2.47 bits per heavy atom. The number of aromatic nitrogens is 1. The number of hydrogen-bond acceptors (Lipinski definition) is 3. The maximum Gasteiger partial charge on any atom is 0.237 e. The van der Waals surface area contributed by atoms with Gasteiger partial charge in [0.25, 0.3) is 0 Å². The SMILES string of the molecule is CC[C@H](NC(=O)[C@@H](N)C(C)C)c1ccncc1. The van der Waals surface area contributed by atoms with Crippen molar-refractivity contribution in [2.45, 2.75) is 39.3 Å². The van der Waals surface area contributed by atoms with Gasteiger partial charge in [-0.1, -0.05) is 20.8 Å². The lowest BCUT2D eigenvalue weighted by Crippen LogP contribution is -2.45. The quantitative estimate of drug-likeness (QED) is 0.815. The normalized spacial score (nSPS) is 14.4. The van der Waals surface area contributed by atoms with E-state index in [-0.39, 0.29) is 17.9 Å². The molecule has 0 aliphatic carbocycles. The van der Waals surface area contributed by atoms with Crippen LogP contribution >= 0.6 is 0 Å². The Labute approximate surface area is 103 Å². The number of nitrogens with one attached hydrogen (secondary N) is 1. The van der Waals surface area contributed by atoms with Crippen LogP contribution in [0, 0.1) is 5.92 Å². The first-order valence-corrected chi connectivity index (χ1v) is 6.02. The molecule has 4 nitrogen and oxygen atoms in total. The van der Waals surface area contributed by atoms with E-state index >= 15 is 0 Å². The highest BCUT2D eigenvalue weighted by Gasteiger charge is 2.20. The van der Waals surface area contributed by atoms with E-state index in [4.69, 9.17) is 5.73 Å². The van der Waals surface area contributed by atoms with Crippen LogP contribution < -0.4 is 11.1 Å². The summed E-state index contributed by atoms with van der Waals surface area (Å²) in [6.07, 6.45) is 4.29. The molecule has 1 rings (SSSR count). The van der Waals surface area contributed by atoms with Crippen molar-refractivity contribution >= 4 is 5.91 Å². The smallest absolute Gasteiger partial charge is 0.237 e. The van der Waals surface area contributed by atoms with E-state index in [1.807, 2.05) is 32.9 Å². The van der Waals surface area contributed by atoms with Crippen molar-refractivity contribution in [2.24, 2.45) is 11.7 Å². The molecule has 0 aliphatic heterocycles. The highest BCUT2D eigenvalue weighted by atomic mass is 16.2. The van der Waals surface area contributed by atoms with Crippen LogP contribution in [0.4, 0.5) is 0 Å². The summed E-state index contributed by atoms with van der Waals surface area (Å²) in [6, 6.07) is 3.38. The fourth-order valence-corrected chi connectivity index (χ4v) is 1.59. The molecule has 4 heteroatoms. The fourth-order valence-electron chi connectivity index (χ4n) is 1.59. The summed E-state index contributed by atoms with van der Waals surface area (Å²) >= 11 is 0. The van der Waals surface area contributed by atoms with Gasteiger partial charge in [-0.25, -0.2) is 0 Å². The molecule has 0 aliphatic rings. The lowest BCUT2D eigenvalue weighted by molar-refractivity contribution is -0.124. The van der Waals surface area contributed by atoms with Crippen LogP contribution in [0.1, 0.15) is 38.8 Å². The van der Waals surface area contributed by atoms with Crippen LogP contribution in [0.25, 0.3) is 0 Å². The van der Waals surface area contributed by atoms with Gasteiger partial charge in [0.2, 0.25) is 5.91 Å². The van der Waals surface area contributed by atoms with Gasteiger partial charge in [0, 0.05) is 12.4 Å². The maximum absolute atomic E-state index is 11.9. The zero-order chi connectivity index (χ0) is 12.8. The van der Waals surface area contributed by atoms with E-state index in [2.05, 4.69) is 10.3 Å². The topological polar surface area (TPSA) is 68.0 Å². The number of pyridine rings is 1. The Bertz CT molecular complexity index is 351. The van der Waals surface area contributed by atoms with Crippen LogP contribution in [0.3, 0.4) is 0 Å². The van der Waals surface area contributed by atoms with Crippen LogP contribution in [0.2, 0.25) is 0 Å². The molecule has 3 N–H and O–H groups in total. The molecule has 0 saturated carbocycles. The van der Waals surface area contributed by atoms with E-state index in [1.165, 1.54) is 0 Å². The molecule has 0 radical (unpaired) electrons. The van der Waals surface area contributed by atoms with Gasteiger partial charge in [0.1, 0.15) is 0 Å². The lowest BCUT2D eigenvalue weighted by Gasteiger charge is -2.21. The predicted octanol–water partition coefficient (Wildman–Crippen LogP) is 1.63. The summed E-state index contributed by atoms with van der Waals surface area (Å²) in [5.74, 6) is 0.0496. The molecular weight excluding hydrogens is 214 g/mol. The highest BCUT2D eigenvalue weighted by molar-refractivity contribution is 5.82. The average molecular weight is 235 g/mol. The highest BCUT2D eigenvalue weighted by Crippen LogP contribution is 2.15. The Hall–Kier alpha value is -1.42. The Morgan fingerprint density at radius 1 is 1.41 bits per heavy atom. The Morgan fingerprint density at radius 2 is 2.00 bits per heavy atom. The summed E-state index contributed by atoms with van der Waals surface area (Å²) in [4.78, 5) is 15.8. The molecule has 0 spiro atoms. The molecule has 1 aromatic rings. The molecule has 1 amide bonds. The molecule has 0 aromatic carbocycles. The zero-order valence-corrected chi connectivity index (χ0v) is 10.7. The molecule has 0 fully saturated rings. The molecule has 2 atom stereocenters. The molecule has 0 unspecified atom stereocenters. The third-order valence-electron chi connectivity index (χ3n) is 2.85. The Kier molecular flexibility index (Phi) is 5.10. The minimum Gasteiger partial charge on any atom is -0.348 e. The summed E-state index contributed by atoms with van der Waals surface area (Å²) in [5, 5.41) is 2.97. The third kappa shape index (κ3) is 3.82. The monoisotopic (exact) mass is 235 g/mol. The lowest BCUT2D eigenvalue weighted by atomic mass is 10.0.